The monoisotopic (exact) mass is 327 g/mol. The van der Waals surface area contributed by atoms with Crippen molar-refractivity contribution in [1.29, 1.82) is 0 Å². The van der Waals surface area contributed by atoms with Crippen LogP contribution in [0.15, 0.2) is 18.2 Å². The second-order valence-corrected chi connectivity index (χ2v) is 6.72. The summed E-state index contributed by atoms with van der Waals surface area (Å²) in [5.41, 5.74) is 7.14. The van der Waals surface area contributed by atoms with E-state index in [1.54, 1.807) is 18.4 Å². The number of aromatic nitrogens is 1. The van der Waals surface area contributed by atoms with Gasteiger partial charge in [-0.1, -0.05) is 6.92 Å². The Hall–Kier alpha value is -0.880. The highest BCUT2D eigenvalue weighted by atomic mass is 35.5. The fraction of sp³-hybridized carbons (Fsp3) is 0.533. The summed E-state index contributed by atoms with van der Waals surface area (Å²) in [4.78, 5) is 7.18. The molecule has 3 rings (SSSR count). The van der Waals surface area contributed by atoms with Crippen molar-refractivity contribution < 1.29 is 4.74 Å². The summed E-state index contributed by atoms with van der Waals surface area (Å²) in [6.45, 7) is 5.31. The minimum absolute atomic E-state index is 0. The maximum Gasteiger partial charge on any atom is 0.120 e. The van der Waals surface area contributed by atoms with Gasteiger partial charge in [0.15, 0.2) is 0 Å². The van der Waals surface area contributed by atoms with Crippen molar-refractivity contribution in [3.63, 3.8) is 0 Å². The molecule has 1 aromatic carbocycles. The number of thiazole rings is 1. The Balaban J connectivity index is 0.00000161. The molecule has 0 radical (unpaired) electrons. The van der Waals surface area contributed by atoms with Crippen LogP contribution in [0.25, 0.3) is 10.2 Å². The van der Waals surface area contributed by atoms with Crippen LogP contribution in [0.4, 0.5) is 0 Å². The average Bonchev–Trinajstić information content (AvgIpc) is 2.84. The lowest BCUT2D eigenvalue weighted by molar-refractivity contribution is 0.158. The first-order valence-corrected chi connectivity index (χ1v) is 7.89. The molecule has 116 valence electrons. The number of likely N-dealkylation sites (tertiary alicyclic amines) is 1. The van der Waals surface area contributed by atoms with Gasteiger partial charge in [-0.15, -0.1) is 23.7 Å². The highest BCUT2D eigenvalue weighted by Gasteiger charge is 2.23. The van der Waals surface area contributed by atoms with Crippen LogP contribution in [0, 0.1) is 5.92 Å². The topological polar surface area (TPSA) is 51.4 Å². The van der Waals surface area contributed by atoms with Gasteiger partial charge in [-0.3, -0.25) is 4.90 Å². The number of ether oxygens (including phenoxy) is 1. The third kappa shape index (κ3) is 3.66. The van der Waals surface area contributed by atoms with E-state index in [4.69, 9.17) is 15.5 Å². The van der Waals surface area contributed by atoms with Crippen molar-refractivity contribution >= 4 is 34.0 Å². The van der Waals surface area contributed by atoms with Crippen LogP contribution in [0.2, 0.25) is 0 Å². The van der Waals surface area contributed by atoms with Crippen molar-refractivity contribution in [3.05, 3.63) is 23.2 Å². The van der Waals surface area contributed by atoms with E-state index in [1.807, 2.05) is 12.1 Å². The van der Waals surface area contributed by atoms with Gasteiger partial charge in [0, 0.05) is 19.1 Å². The predicted octanol–water partition coefficient (Wildman–Crippen LogP) is 2.90. The smallest absolute Gasteiger partial charge is 0.120 e. The van der Waals surface area contributed by atoms with Gasteiger partial charge in [0.25, 0.3) is 0 Å². The van der Waals surface area contributed by atoms with Gasteiger partial charge in [-0.05, 0) is 30.5 Å². The number of halogens is 1. The molecular weight excluding hydrogens is 306 g/mol. The quantitative estimate of drug-likeness (QED) is 0.941. The highest BCUT2D eigenvalue weighted by molar-refractivity contribution is 7.18. The number of methoxy groups -OCH3 is 1. The summed E-state index contributed by atoms with van der Waals surface area (Å²) in [5.74, 6) is 1.46. The Kier molecular flexibility index (Phi) is 5.43. The Morgan fingerprint density at radius 3 is 3.00 bits per heavy atom. The average molecular weight is 328 g/mol. The molecule has 2 heterocycles. The van der Waals surface area contributed by atoms with Crippen molar-refractivity contribution in [2.45, 2.75) is 25.9 Å². The van der Waals surface area contributed by atoms with E-state index in [-0.39, 0.29) is 12.4 Å². The van der Waals surface area contributed by atoms with E-state index in [9.17, 15) is 0 Å². The van der Waals surface area contributed by atoms with Crippen LogP contribution in [0.3, 0.4) is 0 Å². The number of rotatable bonds is 3. The Bertz CT molecular complexity index is 604. The van der Waals surface area contributed by atoms with Gasteiger partial charge < -0.3 is 10.5 Å². The molecule has 4 nitrogen and oxygen atoms in total. The molecule has 0 amide bonds. The lowest BCUT2D eigenvalue weighted by atomic mass is 9.95. The standard InChI is InChI=1S/C15H21N3OS.ClH/c1-10-8-18(6-5-12(10)16)9-15-17-13-4-3-11(19-2)7-14(13)20-15;/h3-4,7,10,12H,5-6,8-9,16H2,1-2H3;1H. The molecule has 2 atom stereocenters. The minimum Gasteiger partial charge on any atom is -0.497 e. The lowest BCUT2D eigenvalue weighted by Crippen LogP contribution is -2.45. The first-order chi connectivity index (χ1) is 9.65. The molecule has 1 aliphatic heterocycles. The fourth-order valence-electron chi connectivity index (χ4n) is 2.73. The van der Waals surface area contributed by atoms with E-state index < -0.39 is 0 Å². The van der Waals surface area contributed by atoms with Gasteiger partial charge >= 0.3 is 0 Å². The number of benzene rings is 1. The summed E-state index contributed by atoms with van der Waals surface area (Å²) in [6, 6.07) is 6.41. The van der Waals surface area contributed by atoms with Crippen LogP contribution in [0.5, 0.6) is 5.75 Å². The zero-order valence-electron chi connectivity index (χ0n) is 12.4. The molecule has 21 heavy (non-hydrogen) atoms. The number of hydrogen-bond acceptors (Lipinski definition) is 5. The molecule has 6 heteroatoms. The van der Waals surface area contributed by atoms with E-state index in [0.29, 0.717) is 12.0 Å². The number of fused-ring (bicyclic) bond motifs is 1. The lowest BCUT2D eigenvalue weighted by Gasteiger charge is -2.34. The second-order valence-electron chi connectivity index (χ2n) is 5.61. The summed E-state index contributed by atoms with van der Waals surface area (Å²) in [5, 5.41) is 1.18. The first kappa shape index (κ1) is 16.5. The van der Waals surface area contributed by atoms with E-state index in [1.165, 1.54) is 9.71 Å². The maximum atomic E-state index is 6.07. The van der Waals surface area contributed by atoms with Crippen molar-refractivity contribution in [2.75, 3.05) is 20.2 Å². The molecule has 1 saturated heterocycles. The molecule has 0 spiro atoms. The third-order valence-corrected chi connectivity index (χ3v) is 5.06. The molecule has 1 aromatic heterocycles. The van der Waals surface area contributed by atoms with Gasteiger partial charge in [-0.2, -0.15) is 0 Å². The molecule has 2 N–H and O–H groups in total. The second kappa shape index (κ2) is 6.92. The molecule has 2 aromatic rings. The summed E-state index contributed by atoms with van der Waals surface area (Å²) in [6.07, 6.45) is 1.08. The summed E-state index contributed by atoms with van der Waals surface area (Å²) in [7, 11) is 1.70. The number of hydrogen-bond donors (Lipinski definition) is 1. The maximum absolute atomic E-state index is 6.07. The molecule has 0 aliphatic carbocycles. The summed E-state index contributed by atoms with van der Waals surface area (Å²) < 4.78 is 6.46. The van der Waals surface area contributed by atoms with Crippen LogP contribution < -0.4 is 10.5 Å². The SMILES string of the molecule is COc1ccc2nc(CN3CCC(N)C(C)C3)sc2c1.Cl. The molecular formula is C15H22ClN3OS. The molecule has 2 unspecified atom stereocenters. The molecule has 0 bridgehead atoms. The van der Waals surface area contributed by atoms with Crippen molar-refractivity contribution in [3.8, 4) is 5.75 Å². The highest BCUT2D eigenvalue weighted by Crippen LogP contribution is 2.27. The normalized spacial score (nSPS) is 23.0. The van der Waals surface area contributed by atoms with E-state index in [2.05, 4.69) is 17.9 Å². The Labute approximate surface area is 135 Å². The largest absolute Gasteiger partial charge is 0.497 e. The van der Waals surface area contributed by atoms with Crippen molar-refractivity contribution in [1.82, 2.24) is 9.88 Å². The molecule has 1 fully saturated rings. The third-order valence-electron chi connectivity index (χ3n) is 4.05. The van der Waals surface area contributed by atoms with E-state index in [0.717, 1.165) is 37.3 Å². The zero-order valence-corrected chi connectivity index (χ0v) is 14.0. The van der Waals surface area contributed by atoms with Gasteiger partial charge in [-0.25, -0.2) is 4.98 Å². The van der Waals surface area contributed by atoms with Crippen LogP contribution in [0.1, 0.15) is 18.4 Å². The Morgan fingerprint density at radius 1 is 1.48 bits per heavy atom. The zero-order chi connectivity index (χ0) is 14.1. The number of nitrogens with zero attached hydrogens (tertiary/aromatic N) is 2. The van der Waals surface area contributed by atoms with Crippen LogP contribution in [-0.2, 0) is 6.54 Å². The van der Waals surface area contributed by atoms with Gasteiger partial charge in [0.1, 0.15) is 10.8 Å². The fourth-order valence-corrected chi connectivity index (χ4v) is 3.77. The molecule has 1 aliphatic rings. The molecule has 0 saturated carbocycles. The predicted molar refractivity (Wildman–Crippen MR) is 90.5 cm³/mol. The van der Waals surface area contributed by atoms with E-state index >= 15 is 0 Å². The number of nitrogens with two attached hydrogens (primary N) is 1. The Morgan fingerprint density at radius 2 is 2.29 bits per heavy atom. The number of piperidine rings is 1. The van der Waals surface area contributed by atoms with Crippen LogP contribution >= 0.6 is 23.7 Å². The van der Waals surface area contributed by atoms with Gasteiger partial charge in [0.2, 0.25) is 0 Å². The van der Waals surface area contributed by atoms with Crippen molar-refractivity contribution in [2.24, 2.45) is 11.7 Å². The summed E-state index contributed by atoms with van der Waals surface area (Å²) >= 11 is 1.76. The van der Waals surface area contributed by atoms with Gasteiger partial charge in [0.05, 0.1) is 23.9 Å². The minimum atomic E-state index is 0. The first-order valence-electron chi connectivity index (χ1n) is 7.07. The van der Waals surface area contributed by atoms with Crippen LogP contribution in [-0.4, -0.2) is 36.1 Å².